The van der Waals surface area contributed by atoms with Gasteiger partial charge in [-0.15, -0.1) is 24.0 Å². The Morgan fingerprint density at radius 3 is 2.61 bits per heavy atom. The summed E-state index contributed by atoms with van der Waals surface area (Å²) in [7, 11) is 0. The van der Waals surface area contributed by atoms with E-state index in [-0.39, 0.29) is 30.6 Å². The van der Waals surface area contributed by atoms with Gasteiger partial charge in [-0.2, -0.15) is 0 Å². The Balaban J connectivity index is 0.00000289. The number of guanidine groups is 1. The van der Waals surface area contributed by atoms with Crippen LogP contribution in [0.15, 0.2) is 29.3 Å². The predicted octanol–water partition coefficient (Wildman–Crippen LogP) is 1.66. The van der Waals surface area contributed by atoms with Gasteiger partial charge in [0.25, 0.3) is 0 Å². The fraction of sp³-hybridized carbons (Fsp3) is 0.462. The molecule has 0 aromatic heterocycles. The number of aliphatic imine (C=N–C) groups is 1. The number of halogens is 1. The molecule has 1 aromatic carbocycles. The monoisotopic (exact) mass is 363 g/mol. The highest BCUT2D eigenvalue weighted by molar-refractivity contribution is 14.0. The van der Waals surface area contributed by atoms with E-state index in [1.54, 1.807) is 0 Å². The summed E-state index contributed by atoms with van der Waals surface area (Å²) in [4.78, 5) is 4.47. The average molecular weight is 363 g/mol. The number of nitrogens with one attached hydrogen (secondary N) is 2. The van der Waals surface area contributed by atoms with Crippen LogP contribution in [0.5, 0.6) is 0 Å². The molecule has 1 aromatic rings. The summed E-state index contributed by atoms with van der Waals surface area (Å²) >= 11 is 0. The molecule has 0 aliphatic heterocycles. The Bertz CT molecular complexity index is 369. The molecule has 0 amide bonds. The second kappa shape index (κ2) is 10.1. The molecule has 0 saturated heterocycles. The van der Waals surface area contributed by atoms with Crippen LogP contribution in [-0.4, -0.2) is 30.8 Å². The molecule has 0 bridgehead atoms. The van der Waals surface area contributed by atoms with Crippen LogP contribution in [0.3, 0.4) is 0 Å². The second-order valence-electron chi connectivity index (χ2n) is 3.77. The molecule has 102 valence electrons. The van der Waals surface area contributed by atoms with Gasteiger partial charge >= 0.3 is 0 Å². The lowest BCUT2D eigenvalue weighted by Gasteiger charge is -2.10. The Morgan fingerprint density at radius 1 is 1.28 bits per heavy atom. The van der Waals surface area contributed by atoms with E-state index in [0.717, 1.165) is 12.5 Å². The van der Waals surface area contributed by atoms with Crippen LogP contribution < -0.4 is 10.6 Å². The van der Waals surface area contributed by atoms with Crippen LogP contribution in [0.2, 0.25) is 0 Å². The minimum absolute atomic E-state index is 0. The van der Waals surface area contributed by atoms with Crippen molar-refractivity contribution in [2.75, 3.05) is 19.7 Å². The van der Waals surface area contributed by atoms with E-state index in [2.05, 4.69) is 34.7 Å². The summed E-state index contributed by atoms with van der Waals surface area (Å²) in [6.45, 7) is 6.18. The first kappa shape index (κ1) is 17.2. The number of hydrogen-bond donors (Lipinski definition) is 3. The first-order valence-electron chi connectivity index (χ1n) is 5.95. The third-order valence-electron chi connectivity index (χ3n) is 2.42. The molecule has 0 atom stereocenters. The van der Waals surface area contributed by atoms with Gasteiger partial charge in [0.2, 0.25) is 0 Å². The summed E-state index contributed by atoms with van der Waals surface area (Å²) in [6, 6.07) is 8.21. The van der Waals surface area contributed by atoms with Crippen molar-refractivity contribution in [1.82, 2.24) is 10.6 Å². The number of aliphatic hydroxyl groups excluding tert-OH is 1. The Morgan fingerprint density at radius 2 is 2.00 bits per heavy atom. The average Bonchev–Trinajstić information content (AvgIpc) is 2.34. The number of benzene rings is 1. The Hall–Kier alpha value is -0.820. The highest BCUT2D eigenvalue weighted by Crippen LogP contribution is 2.07. The molecule has 0 unspecified atom stereocenters. The van der Waals surface area contributed by atoms with Crippen molar-refractivity contribution in [2.24, 2.45) is 4.99 Å². The van der Waals surface area contributed by atoms with Crippen molar-refractivity contribution in [2.45, 2.75) is 20.4 Å². The summed E-state index contributed by atoms with van der Waals surface area (Å²) in [6.07, 6.45) is 0. The van der Waals surface area contributed by atoms with E-state index in [1.165, 1.54) is 11.1 Å². The van der Waals surface area contributed by atoms with Crippen LogP contribution in [0, 0.1) is 6.92 Å². The van der Waals surface area contributed by atoms with E-state index in [0.29, 0.717) is 13.1 Å². The molecule has 0 saturated carbocycles. The zero-order valence-corrected chi connectivity index (χ0v) is 13.3. The van der Waals surface area contributed by atoms with Crippen molar-refractivity contribution >= 4 is 29.9 Å². The van der Waals surface area contributed by atoms with Crippen LogP contribution in [-0.2, 0) is 6.54 Å². The molecule has 4 nitrogen and oxygen atoms in total. The van der Waals surface area contributed by atoms with Gasteiger partial charge < -0.3 is 15.7 Å². The molecule has 0 aliphatic rings. The second-order valence-corrected chi connectivity index (χ2v) is 3.77. The van der Waals surface area contributed by atoms with Crippen molar-refractivity contribution in [3.05, 3.63) is 35.4 Å². The predicted molar refractivity (Wildman–Crippen MR) is 86.5 cm³/mol. The summed E-state index contributed by atoms with van der Waals surface area (Å²) < 4.78 is 0. The molecule has 0 spiro atoms. The van der Waals surface area contributed by atoms with Gasteiger partial charge in [-0.3, -0.25) is 0 Å². The minimum atomic E-state index is 0. The van der Waals surface area contributed by atoms with Crippen molar-refractivity contribution in [1.29, 1.82) is 0 Å². The topological polar surface area (TPSA) is 56.7 Å². The molecular weight excluding hydrogens is 341 g/mol. The standard InChI is InChI=1S/C13H21N3O.HI/c1-3-14-13(15-8-9-17)16-10-12-7-5-4-6-11(12)2;/h4-7,17H,3,8-10H2,1-2H3,(H2,14,15,16);1H. The van der Waals surface area contributed by atoms with Gasteiger partial charge in [0, 0.05) is 13.1 Å². The van der Waals surface area contributed by atoms with Crippen molar-refractivity contribution < 1.29 is 5.11 Å². The third-order valence-corrected chi connectivity index (χ3v) is 2.42. The quantitative estimate of drug-likeness (QED) is 0.424. The van der Waals surface area contributed by atoms with E-state index < -0.39 is 0 Å². The van der Waals surface area contributed by atoms with Crippen molar-refractivity contribution in [3.8, 4) is 0 Å². The molecule has 1 rings (SSSR count). The zero-order chi connectivity index (χ0) is 12.5. The Labute approximate surface area is 126 Å². The Kier molecular flexibility index (Phi) is 9.67. The van der Waals surface area contributed by atoms with Crippen LogP contribution in [0.25, 0.3) is 0 Å². The third kappa shape index (κ3) is 6.20. The molecule has 0 fully saturated rings. The van der Waals surface area contributed by atoms with E-state index in [9.17, 15) is 0 Å². The lowest BCUT2D eigenvalue weighted by Crippen LogP contribution is -2.38. The maximum atomic E-state index is 8.77. The van der Waals surface area contributed by atoms with Gasteiger partial charge in [0.1, 0.15) is 0 Å². The first-order valence-corrected chi connectivity index (χ1v) is 5.95. The number of hydrogen-bond acceptors (Lipinski definition) is 2. The summed E-state index contributed by atoms with van der Waals surface area (Å²) in [5.41, 5.74) is 2.46. The highest BCUT2D eigenvalue weighted by atomic mass is 127. The normalized spacial score (nSPS) is 10.7. The molecule has 18 heavy (non-hydrogen) atoms. The number of aryl methyl sites for hydroxylation is 1. The van der Waals surface area contributed by atoms with Gasteiger partial charge in [-0.1, -0.05) is 24.3 Å². The molecule has 0 aliphatic carbocycles. The molecule has 0 heterocycles. The van der Waals surface area contributed by atoms with Crippen molar-refractivity contribution in [3.63, 3.8) is 0 Å². The lowest BCUT2D eigenvalue weighted by molar-refractivity contribution is 0.300. The highest BCUT2D eigenvalue weighted by Gasteiger charge is 1.98. The van der Waals surface area contributed by atoms with Gasteiger partial charge in [0.05, 0.1) is 13.2 Å². The first-order chi connectivity index (χ1) is 8.27. The van der Waals surface area contributed by atoms with E-state index in [4.69, 9.17) is 5.11 Å². The largest absolute Gasteiger partial charge is 0.395 e. The van der Waals surface area contributed by atoms with Gasteiger partial charge in [-0.05, 0) is 25.0 Å². The molecule has 0 radical (unpaired) electrons. The SMILES string of the molecule is CCNC(=NCc1ccccc1C)NCCO.I. The smallest absolute Gasteiger partial charge is 0.191 e. The van der Waals surface area contributed by atoms with E-state index in [1.807, 2.05) is 19.1 Å². The summed E-state index contributed by atoms with van der Waals surface area (Å²) in [5.74, 6) is 0.741. The number of nitrogens with zero attached hydrogens (tertiary/aromatic N) is 1. The minimum Gasteiger partial charge on any atom is -0.395 e. The van der Waals surface area contributed by atoms with Gasteiger partial charge in [0.15, 0.2) is 5.96 Å². The van der Waals surface area contributed by atoms with Crippen LogP contribution in [0.4, 0.5) is 0 Å². The number of rotatable bonds is 5. The van der Waals surface area contributed by atoms with E-state index >= 15 is 0 Å². The zero-order valence-electron chi connectivity index (χ0n) is 10.9. The lowest BCUT2D eigenvalue weighted by atomic mass is 10.1. The van der Waals surface area contributed by atoms with Gasteiger partial charge in [-0.25, -0.2) is 4.99 Å². The summed E-state index contributed by atoms with van der Waals surface area (Å²) in [5, 5.41) is 15.0. The fourth-order valence-corrected chi connectivity index (χ4v) is 1.47. The maximum absolute atomic E-state index is 8.77. The maximum Gasteiger partial charge on any atom is 0.191 e. The molecule has 5 heteroatoms. The van der Waals surface area contributed by atoms with Crippen LogP contribution >= 0.6 is 24.0 Å². The fourth-order valence-electron chi connectivity index (χ4n) is 1.47. The molecule has 3 N–H and O–H groups in total. The van der Waals surface area contributed by atoms with Crippen LogP contribution in [0.1, 0.15) is 18.1 Å². The molecular formula is C13H22IN3O. The number of aliphatic hydroxyl groups is 1.